The van der Waals surface area contributed by atoms with E-state index in [1.165, 1.54) is 11.3 Å². The molecule has 1 N–H and O–H groups in total. The third-order valence-corrected chi connectivity index (χ3v) is 4.87. The van der Waals surface area contributed by atoms with E-state index in [2.05, 4.69) is 10.3 Å². The van der Waals surface area contributed by atoms with Crippen LogP contribution in [-0.4, -0.2) is 31.2 Å². The first-order valence-electron chi connectivity index (χ1n) is 8.36. The molecule has 1 aromatic heterocycles. The number of rotatable bonds is 8. The molecular formula is C20H19ClN2O3S. The van der Waals surface area contributed by atoms with Gasteiger partial charge in [0.15, 0.2) is 0 Å². The summed E-state index contributed by atoms with van der Waals surface area (Å²) >= 11 is 7.32. The topological polar surface area (TPSA) is 60.5 Å². The van der Waals surface area contributed by atoms with Crippen molar-refractivity contribution in [3.05, 3.63) is 70.2 Å². The van der Waals surface area contributed by atoms with Crippen molar-refractivity contribution in [2.24, 2.45) is 0 Å². The Hall–Kier alpha value is -2.41. The van der Waals surface area contributed by atoms with E-state index in [-0.39, 0.29) is 5.91 Å². The van der Waals surface area contributed by atoms with E-state index in [9.17, 15) is 4.79 Å². The maximum atomic E-state index is 12.1. The van der Waals surface area contributed by atoms with Gasteiger partial charge in [-0.2, -0.15) is 0 Å². The van der Waals surface area contributed by atoms with E-state index < -0.39 is 0 Å². The fourth-order valence-corrected chi connectivity index (χ4v) is 3.26. The lowest BCUT2D eigenvalue weighted by Crippen LogP contribution is -2.27. The van der Waals surface area contributed by atoms with Gasteiger partial charge in [-0.3, -0.25) is 4.79 Å². The van der Waals surface area contributed by atoms with Gasteiger partial charge in [0.05, 0.1) is 6.61 Å². The van der Waals surface area contributed by atoms with Crippen molar-refractivity contribution >= 4 is 28.8 Å². The zero-order chi connectivity index (χ0) is 19.1. The highest BCUT2D eigenvalue weighted by atomic mass is 35.5. The van der Waals surface area contributed by atoms with Crippen LogP contribution < -0.4 is 10.1 Å². The molecule has 7 heteroatoms. The normalized spacial score (nSPS) is 10.6. The Kier molecular flexibility index (Phi) is 6.81. The number of nitrogens with one attached hydrogen (secondary N) is 1. The molecule has 27 heavy (non-hydrogen) atoms. The Morgan fingerprint density at radius 1 is 1.22 bits per heavy atom. The van der Waals surface area contributed by atoms with E-state index >= 15 is 0 Å². The molecular weight excluding hydrogens is 384 g/mol. The average molecular weight is 403 g/mol. The summed E-state index contributed by atoms with van der Waals surface area (Å²) in [5.74, 6) is 0.536. The van der Waals surface area contributed by atoms with E-state index in [1.54, 1.807) is 12.5 Å². The SMILES string of the molecule is COCCNC(=O)c1csc(-c2cccc(OCc3ccc(Cl)cc3)c2)n1. The quantitative estimate of drug-likeness (QED) is 0.566. The van der Waals surface area contributed by atoms with Crippen molar-refractivity contribution in [2.75, 3.05) is 20.3 Å². The zero-order valence-electron chi connectivity index (χ0n) is 14.8. The number of hydrogen-bond acceptors (Lipinski definition) is 5. The number of methoxy groups -OCH3 is 1. The summed E-state index contributed by atoms with van der Waals surface area (Å²) in [6.45, 7) is 1.37. The number of amides is 1. The summed E-state index contributed by atoms with van der Waals surface area (Å²) in [6.07, 6.45) is 0. The maximum absolute atomic E-state index is 12.1. The highest BCUT2D eigenvalue weighted by Crippen LogP contribution is 2.27. The number of nitrogens with zero attached hydrogens (tertiary/aromatic N) is 1. The smallest absolute Gasteiger partial charge is 0.270 e. The average Bonchev–Trinajstić information content (AvgIpc) is 3.18. The Bertz CT molecular complexity index is 896. The molecule has 0 aliphatic rings. The second-order valence-electron chi connectivity index (χ2n) is 5.73. The molecule has 0 unspecified atom stereocenters. The molecule has 0 radical (unpaired) electrons. The molecule has 0 aliphatic carbocycles. The Morgan fingerprint density at radius 3 is 2.81 bits per heavy atom. The van der Waals surface area contributed by atoms with Gasteiger partial charge in [0.2, 0.25) is 0 Å². The van der Waals surface area contributed by atoms with Gasteiger partial charge in [-0.1, -0.05) is 35.9 Å². The zero-order valence-corrected chi connectivity index (χ0v) is 16.3. The van der Waals surface area contributed by atoms with Crippen molar-refractivity contribution in [1.29, 1.82) is 0 Å². The number of thiazole rings is 1. The lowest BCUT2D eigenvalue weighted by Gasteiger charge is -2.07. The first-order valence-corrected chi connectivity index (χ1v) is 9.62. The first-order chi connectivity index (χ1) is 13.2. The van der Waals surface area contributed by atoms with Crippen LogP contribution in [0.15, 0.2) is 53.9 Å². The lowest BCUT2D eigenvalue weighted by molar-refractivity contribution is 0.0933. The molecule has 0 saturated carbocycles. The highest BCUT2D eigenvalue weighted by Gasteiger charge is 2.12. The molecule has 3 rings (SSSR count). The summed E-state index contributed by atoms with van der Waals surface area (Å²) in [5.41, 5.74) is 2.34. The van der Waals surface area contributed by atoms with Crippen LogP contribution in [0.25, 0.3) is 10.6 Å². The van der Waals surface area contributed by atoms with Crippen LogP contribution in [0.4, 0.5) is 0 Å². The van der Waals surface area contributed by atoms with Crippen LogP contribution >= 0.6 is 22.9 Å². The van der Waals surface area contributed by atoms with Crippen molar-refractivity contribution in [3.8, 4) is 16.3 Å². The predicted molar refractivity (Wildman–Crippen MR) is 108 cm³/mol. The second-order valence-corrected chi connectivity index (χ2v) is 7.02. The van der Waals surface area contributed by atoms with Crippen LogP contribution in [0.1, 0.15) is 16.1 Å². The minimum atomic E-state index is -0.204. The van der Waals surface area contributed by atoms with E-state index in [1.807, 2.05) is 48.5 Å². The Balaban J connectivity index is 1.65. The second kappa shape index (κ2) is 9.50. The molecule has 0 spiro atoms. The van der Waals surface area contributed by atoms with Crippen LogP contribution in [0, 0.1) is 0 Å². The third kappa shape index (κ3) is 5.53. The fourth-order valence-electron chi connectivity index (χ4n) is 2.33. The molecule has 3 aromatic rings. The molecule has 2 aromatic carbocycles. The molecule has 0 fully saturated rings. The Morgan fingerprint density at radius 2 is 2.04 bits per heavy atom. The molecule has 0 atom stereocenters. The number of carbonyl (C=O) groups is 1. The van der Waals surface area contributed by atoms with Gasteiger partial charge in [-0.25, -0.2) is 4.98 Å². The number of aromatic nitrogens is 1. The molecule has 1 amide bonds. The molecule has 1 heterocycles. The van der Waals surface area contributed by atoms with Gasteiger partial charge in [0.1, 0.15) is 23.1 Å². The van der Waals surface area contributed by atoms with Crippen molar-refractivity contribution in [3.63, 3.8) is 0 Å². The van der Waals surface area contributed by atoms with Gasteiger partial charge in [0.25, 0.3) is 5.91 Å². The van der Waals surface area contributed by atoms with Gasteiger partial charge in [0, 0.05) is 29.6 Å². The van der Waals surface area contributed by atoms with Crippen LogP contribution in [-0.2, 0) is 11.3 Å². The number of ether oxygens (including phenoxy) is 2. The summed E-state index contributed by atoms with van der Waals surface area (Å²) < 4.78 is 10.8. The lowest BCUT2D eigenvalue weighted by atomic mass is 10.2. The molecule has 140 valence electrons. The van der Waals surface area contributed by atoms with Crippen LogP contribution in [0.5, 0.6) is 5.75 Å². The first kappa shape index (κ1) is 19.4. The molecule has 5 nitrogen and oxygen atoms in total. The van der Waals surface area contributed by atoms with Gasteiger partial charge in [-0.05, 0) is 29.8 Å². The Labute approximate surface area is 166 Å². The maximum Gasteiger partial charge on any atom is 0.270 e. The molecule has 0 saturated heterocycles. The largest absolute Gasteiger partial charge is 0.489 e. The number of hydrogen-bond donors (Lipinski definition) is 1. The minimum absolute atomic E-state index is 0.204. The van der Waals surface area contributed by atoms with Crippen LogP contribution in [0.3, 0.4) is 0 Å². The standard InChI is InChI=1S/C20H19ClN2O3S/c1-25-10-9-22-19(24)18-13-27-20(23-18)15-3-2-4-17(11-15)26-12-14-5-7-16(21)8-6-14/h2-8,11,13H,9-10,12H2,1H3,(H,22,24). The predicted octanol–water partition coefficient (Wildman–Crippen LogP) is 4.42. The van der Waals surface area contributed by atoms with Crippen LogP contribution in [0.2, 0.25) is 5.02 Å². The van der Waals surface area contributed by atoms with E-state index in [4.69, 9.17) is 21.1 Å². The number of halogens is 1. The van der Waals surface area contributed by atoms with Gasteiger partial charge < -0.3 is 14.8 Å². The minimum Gasteiger partial charge on any atom is -0.489 e. The van der Waals surface area contributed by atoms with Crippen molar-refractivity contribution in [1.82, 2.24) is 10.3 Å². The number of carbonyl (C=O) groups excluding carboxylic acids is 1. The summed E-state index contributed by atoms with van der Waals surface area (Å²) in [5, 5.41) is 5.98. The highest BCUT2D eigenvalue weighted by molar-refractivity contribution is 7.13. The fraction of sp³-hybridized carbons (Fsp3) is 0.200. The summed E-state index contributed by atoms with van der Waals surface area (Å²) in [4.78, 5) is 16.5. The monoisotopic (exact) mass is 402 g/mol. The summed E-state index contributed by atoms with van der Waals surface area (Å²) in [6, 6.07) is 15.2. The van der Waals surface area contributed by atoms with Gasteiger partial charge >= 0.3 is 0 Å². The summed E-state index contributed by atoms with van der Waals surface area (Å²) in [7, 11) is 1.59. The van der Waals surface area contributed by atoms with E-state index in [0.29, 0.717) is 30.5 Å². The molecule has 0 bridgehead atoms. The van der Waals surface area contributed by atoms with E-state index in [0.717, 1.165) is 21.9 Å². The number of benzene rings is 2. The van der Waals surface area contributed by atoms with Gasteiger partial charge in [-0.15, -0.1) is 11.3 Å². The molecule has 0 aliphatic heterocycles. The van der Waals surface area contributed by atoms with Crippen molar-refractivity contribution < 1.29 is 14.3 Å². The third-order valence-electron chi connectivity index (χ3n) is 3.73. The van der Waals surface area contributed by atoms with Crippen molar-refractivity contribution in [2.45, 2.75) is 6.61 Å².